The summed E-state index contributed by atoms with van der Waals surface area (Å²) in [6.07, 6.45) is -5.31. The first kappa shape index (κ1) is 28.7. The molecule has 0 unspecified atom stereocenters. The Kier molecular flexibility index (Phi) is 8.34. The molecule has 1 aliphatic heterocycles. The fourth-order valence-corrected chi connectivity index (χ4v) is 8.03. The van der Waals surface area contributed by atoms with Crippen LogP contribution in [0.25, 0.3) is 10.2 Å². The summed E-state index contributed by atoms with van der Waals surface area (Å²) < 4.78 is 72.5. The standard InChI is InChI=1S/C20H23ClF3N7O4S3/c1-10(25-15-14-13(27-17(21)28-15)12(9-36-14)20(22,23)24)8-30-4-6-31(7-5-30)38(33,34)16-11(2)26-18(37-16)29-19(32)35-3/h9-10H,4-8H2,1-3H3,(H,25,27,28)(H,26,29,32)/t10-/m0/s1. The van der Waals surface area contributed by atoms with E-state index in [0.29, 0.717) is 19.6 Å². The summed E-state index contributed by atoms with van der Waals surface area (Å²) in [5.41, 5.74) is -0.836. The van der Waals surface area contributed by atoms with Gasteiger partial charge in [0.05, 0.1) is 23.1 Å². The number of aryl methyl sites for hydroxylation is 1. The Morgan fingerprint density at radius 2 is 1.92 bits per heavy atom. The highest BCUT2D eigenvalue weighted by atomic mass is 35.5. The number of nitrogens with zero attached hydrogens (tertiary/aromatic N) is 5. The number of rotatable bonds is 7. The molecule has 2 N–H and O–H groups in total. The minimum absolute atomic E-state index is 0.0474. The molecule has 1 saturated heterocycles. The van der Waals surface area contributed by atoms with E-state index in [1.54, 1.807) is 6.92 Å². The Bertz CT molecular complexity index is 1440. The Morgan fingerprint density at radius 1 is 1.24 bits per heavy atom. The molecule has 0 bridgehead atoms. The fraction of sp³-hybridized carbons (Fsp3) is 0.500. The summed E-state index contributed by atoms with van der Waals surface area (Å²) in [6.45, 7) is 5.23. The number of nitrogens with one attached hydrogen (secondary N) is 2. The van der Waals surface area contributed by atoms with Gasteiger partial charge in [-0.2, -0.15) is 22.5 Å². The summed E-state index contributed by atoms with van der Waals surface area (Å²) >= 11 is 7.64. The van der Waals surface area contributed by atoms with Crippen molar-refractivity contribution in [1.82, 2.24) is 24.2 Å². The lowest BCUT2D eigenvalue weighted by atomic mass is 10.2. The maximum atomic E-state index is 13.3. The van der Waals surface area contributed by atoms with Gasteiger partial charge < -0.3 is 10.1 Å². The molecule has 3 aromatic heterocycles. The third-order valence-corrected chi connectivity index (χ3v) is 10.4. The molecule has 1 amide bonds. The molecule has 208 valence electrons. The van der Waals surface area contributed by atoms with Gasteiger partial charge in [-0.25, -0.2) is 23.2 Å². The molecule has 4 heterocycles. The molecule has 4 rings (SSSR count). The van der Waals surface area contributed by atoms with Gasteiger partial charge in [0.1, 0.15) is 11.3 Å². The van der Waals surface area contributed by atoms with Crippen molar-refractivity contribution in [2.45, 2.75) is 30.3 Å². The summed E-state index contributed by atoms with van der Waals surface area (Å²) in [5.74, 6) is 0.214. The van der Waals surface area contributed by atoms with Gasteiger partial charge in [-0.05, 0) is 25.4 Å². The third-order valence-electron chi connectivity index (χ3n) is 5.66. The van der Waals surface area contributed by atoms with Crippen molar-refractivity contribution >= 4 is 71.6 Å². The van der Waals surface area contributed by atoms with Crippen molar-refractivity contribution in [1.29, 1.82) is 0 Å². The fourth-order valence-electron chi connectivity index (χ4n) is 3.94. The van der Waals surface area contributed by atoms with Crippen LogP contribution < -0.4 is 10.6 Å². The van der Waals surface area contributed by atoms with Gasteiger partial charge in [0.15, 0.2) is 9.34 Å². The van der Waals surface area contributed by atoms with Crippen molar-refractivity contribution < 1.29 is 31.1 Å². The van der Waals surface area contributed by atoms with Gasteiger partial charge in [-0.15, -0.1) is 11.3 Å². The second-order valence-electron chi connectivity index (χ2n) is 8.42. The number of thiazole rings is 1. The van der Waals surface area contributed by atoms with Gasteiger partial charge in [-0.3, -0.25) is 10.2 Å². The highest BCUT2D eigenvalue weighted by Gasteiger charge is 2.36. The topological polar surface area (TPSA) is 130 Å². The van der Waals surface area contributed by atoms with Crippen LogP contribution in [0.3, 0.4) is 0 Å². The maximum Gasteiger partial charge on any atom is 0.419 e. The van der Waals surface area contributed by atoms with E-state index in [9.17, 15) is 26.4 Å². The smallest absolute Gasteiger partial charge is 0.419 e. The number of carbonyl (C=O) groups excluding carboxylic acids is 1. The molecule has 0 saturated carbocycles. The number of anilines is 2. The first-order valence-electron chi connectivity index (χ1n) is 11.1. The van der Waals surface area contributed by atoms with Gasteiger partial charge in [-0.1, -0.05) is 11.3 Å². The monoisotopic (exact) mass is 613 g/mol. The number of hydrogen-bond acceptors (Lipinski definition) is 11. The number of hydrogen-bond donors (Lipinski definition) is 2. The summed E-state index contributed by atoms with van der Waals surface area (Å²) in [6, 6.07) is -0.237. The van der Waals surface area contributed by atoms with E-state index in [1.165, 1.54) is 11.4 Å². The van der Waals surface area contributed by atoms with Crippen LogP contribution in [0.2, 0.25) is 5.28 Å². The summed E-state index contributed by atoms with van der Waals surface area (Å²) in [7, 11) is -2.63. The van der Waals surface area contributed by atoms with E-state index in [0.717, 1.165) is 28.1 Å². The van der Waals surface area contributed by atoms with Crippen LogP contribution in [0, 0.1) is 6.92 Å². The van der Waals surface area contributed by atoms with Crippen LogP contribution in [0.1, 0.15) is 18.2 Å². The lowest BCUT2D eigenvalue weighted by Crippen LogP contribution is -2.50. The van der Waals surface area contributed by atoms with Crippen molar-refractivity contribution in [3.8, 4) is 0 Å². The van der Waals surface area contributed by atoms with Crippen LogP contribution in [0.5, 0.6) is 0 Å². The van der Waals surface area contributed by atoms with Crippen molar-refractivity contribution in [3.05, 3.63) is 21.9 Å². The molecule has 38 heavy (non-hydrogen) atoms. The Labute approximate surface area is 229 Å². The highest BCUT2D eigenvalue weighted by Crippen LogP contribution is 2.40. The molecule has 0 aromatic carbocycles. The SMILES string of the molecule is COC(=O)Nc1nc(C)c(S(=O)(=O)N2CCN(C[C@H](C)Nc3nc(Cl)nc4c(C(F)(F)F)csc34)CC2)s1. The van der Waals surface area contributed by atoms with Crippen LogP contribution in [0.15, 0.2) is 9.59 Å². The molecule has 11 nitrogen and oxygen atoms in total. The van der Waals surface area contributed by atoms with Gasteiger partial charge in [0, 0.05) is 44.1 Å². The second kappa shape index (κ2) is 11.1. The zero-order valence-corrected chi connectivity index (χ0v) is 23.5. The molecule has 0 spiro atoms. The number of methoxy groups -OCH3 is 1. The number of aromatic nitrogens is 3. The number of alkyl halides is 3. The van der Waals surface area contributed by atoms with Crippen molar-refractivity contribution in [2.24, 2.45) is 0 Å². The van der Waals surface area contributed by atoms with E-state index in [4.69, 9.17) is 11.6 Å². The van der Waals surface area contributed by atoms with Gasteiger partial charge in [0.2, 0.25) is 5.28 Å². The summed E-state index contributed by atoms with van der Waals surface area (Å²) in [4.78, 5) is 25.4. The third kappa shape index (κ3) is 6.12. The number of piperazine rings is 1. The van der Waals surface area contributed by atoms with E-state index in [-0.39, 0.29) is 55.5 Å². The molecule has 3 aromatic rings. The van der Waals surface area contributed by atoms with Crippen LogP contribution >= 0.6 is 34.3 Å². The predicted octanol–water partition coefficient (Wildman–Crippen LogP) is 4.11. The largest absolute Gasteiger partial charge is 0.453 e. The number of ether oxygens (including phenoxy) is 1. The lowest BCUT2D eigenvalue weighted by molar-refractivity contribution is -0.136. The highest BCUT2D eigenvalue weighted by molar-refractivity contribution is 7.91. The van der Waals surface area contributed by atoms with Crippen molar-refractivity contribution in [2.75, 3.05) is 50.5 Å². The molecular weight excluding hydrogens is 591 g/mol. The van der Waals surface area contributed by atoms with Crippen LogP contribution in [-0.4, -0.2) is 84.5 Å². The number of sulfonamides is 1. The quantitative estimate of drug-likeness (QED) is 0.378. The van der Waals surface area contributed by atoms with Gasteiger partial charge >= 0.3 is 12.3 Å². The Morgan fingerprint density at radius 3 is 2.55 bits per heavy atom. The predicted molar refractivity (Wildman–Crippen MR) is 139 cm³/mol. The van der Waals surface area contributed by atoms with Crippen LogP contribution in [-0.2, 0) is 20.9 Å². The number of halogens is 4. The Hall–Kier alpha value is -2.31. The minimum atomic E-state index is -4.56. The second-order valence-corrected chi connectivity index (χ2v) is 12.8. The van der Waals surface area contributed by atoms with E-state index < -0.39 is 27.9 Å². The minimum Gasteiger partial charge on any atom is -0.453 e. The molecule has 0 radical (unpaired) electrons. The van der Waals surface area contributed by atoms with E-state index in [2.05, 4.69) is 30.3 Å². The number of fused-ring (bicyclic) bond motifs is 1. The zero-order valence-electron chi connectivity index (χ0n) is 20.3. The van der Waals surface area contributed by atoms with Crippen LogP contribution in [0.4, 0.5) is 28.9 Å². The normalized spacial score (nSPS) is 16.5. The molecular formula is C20H23ClF3N7O4S3. The van der Waals surface area contributed by atoms with E-state index in [1.807, 2.05) is 11.8 Å². The number of amides is 1. The average molecular weight is 614 g/mol. The molecule has 1 fully saturated rings. The lowest BCUT2D eigenvalue weighted by Gasteiger charge is -2.35. The Balaban J connectivity index is 1.38. The number of thiophene rings is 1. The maximum absolute atomic E-state index is 13.3. The zero-order chi connectivity index (χ0) is 27.8. The molecule has 1 atom stereocenters. The average Bonchev–Trinajstić information content (AvgIpc) is 3.43. The summed E-state index contributed by atoms with van der Waals surface area (Å²) in [5, 5.41) is 6.31. The number of carbonyl (C=O) groups is 1. The molecule has 18 heteroatoms. The van der Waals surface area contributed by atoms with Crippen molar-refractivity contribution in [3.63, 3.8) is 0 Å². The molecule has 1 aliphatic rings. The first-order chi connectivity index (χ1) is 17.8. The molecule has 0 aliphatic carbocycles. The first-order valence-corrected chi connectivity index (χ1v) is 14.6. The van der Waals surface area contributed by atoms with E-state index >= 15 is 0 Å². The van der Waals surface area contributed by atoms with Gasteiger partial charge in [0.25, 0.3) is 10.0 Å².